The van der Waals surface area contributed by atoms with Crippen LogP contribution in [0.15, 0.2) is 18.2 Å². The zero-order valence-electron chi connectivity index (χ0n) is 9.31. The minimum atomic E-state index is -4.56. The van der Waals surface area contributed by atoms with Crippen LogP contribution in [0.5, 0.6) is 0 Å². The number of rotatable bonds is 3. The second-order valence-corrected chi connectivity index (χ2v) is 4.37. The fraction of sp³-hybridized carbons (Fsp3) is 0.455. The summed E-state index contributed by atoms with van der Waals surface area (Å²) in [4.78, 5) is 0. The monoisotopic (exact) mass is 264 g/mol. The van der Waals surface area contributed by atoms with Gasteiger partial charge in [0.2, 0.25) is 0 Å². The van der Waals surface area contributed by atoms with Gasteiger partial charge in [-0.2, -0.15) is 13.2 Å². The van der Waals surface area contributed by atoms with Crippen molar-refractivity contribution in [3.05, 3.63) is 29.6 Å². The van der Waals surface area contributed by atoms with Gasteiger partial charge in [0.05, 0.1) is 11.3 Å². The number of benzene rings is 1. The normalized spacial score (nSPS) is 18.3. The number of nitrogens with one attached hydrogen (secondary N) is 2. The quantitative estimate of drug-likeness (QED) is 0.726. The number of hydrogen-bond acceptors (Lipinski definition) is 3. The summed E-state index contributed by atoms with van der Waals surface area (Å²) in [5.41, 5.74) is -2.05. The van der Waals surface area contributed by atoms with Crippen molar-refractivity contribution in [2.24, 2.45) is 0 Å². The highest BCUT2D eigenvalue weighted by molar-refractivity contribution is 5.47. The van der Waals surface area contributed by atoms with Gasteiger partial charge < -0.3 is 15.7 Å². The van der Waals surface area contributed by atoms with E-state index in [1.54, 1.807) is 0 Å². The topological polar surface area (TPSA) is 44.3 Å². The molecule has 3 nitrogen and oxygen atoms in total. The molecule has 0 aliphatic carbocycles. The summed E-state index contributed by atoms with van der Waals surface area (Å²) in [6.07, 6.45) is -4.56. The number of halogens is 4. The lowest BCUT2D eigenvalue weighted by atomic mass is 9.97. The zero-order valence-corrected chi connectivity index (χ0v) is 9.31. The van der Waals surface area contributed by atoms with Crippen LogP contribution in [-0.4, -0.2) is 30.3 Å². The Bertz CT molecular complexity index is 443. The lowest BCUT2D eigenvalue weighted by Crippen LogP contribution is -2.63. The van der Waals surface area contributed by atoms with Crippen LogP contribution in [0.25, 0.3) is 0 Å². The highest BCUT2D eigenvalue weighted by atomic mass is 19.4. The third-order valence-corrected chi connectivity index (χ3v) is 2.81. The van der Waals surface area contributed by atoms with Gasteiger partial charge in [-0.25, -0.2) is 4.39 Å². The molecule has 7 heteroatoms. The molecule has 1 aliphatic heterocycles. The number of anilines is 1. The van der Waals surface area contributed by atoms with Crippen LogP contribution >= 0.6 is 0 Å². The second kappa shape index (κ2) is 4.40. The van der Waals surface area contributed by atoms with Crippen LogP contribution in [0.2, 0.25) is 0 Å². The van der Waals surface area contributed by atoms with E-state index in [9.17, 15) is 22.7 Å². The molecule has 0 atom stereocenters. The molecule has 1 saturated heterocycles. The zero-order chi connectivity index (χ0) is 13.4. The summed E-state index contributed by atoms with van der Waals surface area (Å²) in [6.45, 7) is 0.840. The third kappa shape index (κ3) is 2.73. The minimum Gasteiger partial charge on any atom is -0.385 e. The fourth-order valence-electron chi connectivity index (χ4n) is 1.63. The molecule has 0 spiro atoms. The van der Waals surface area contributed by atoms with Crippen molar-refractivity contribution < 1.29 is 22.7 Å². The Kier molecular flexibility index (Phi) is 3.20. The fourth-order valence-corrected chi connectivity index (χ4v) is 1.63. The average Bonchev–Trinajstić information content (AvgIpc) is 2.23. The van der Waals surface area contributed by atoms with Gasteiger partial charge in [0.25, 0.3) is 0 Å². The minimum absolute atomic E-state index is 0.0525. The Morgan fingerprint density at radius 1 is 1.33 bits per heavy atom. The Labute approximate surface area is 101 Å². The van der Waals surface area contributed by atoms with Crippen LogP contribution in [0, 0.1) is 5.82 Å². The molecule has 0 aromatic heterocycles. The maximum atomic E-state index is 13.4. The molecule has 0 radical (unpaired) electrons. The van der Waals surface area contributed by atoms with Crippen LogP contribution in [-0.2, 0) is 6.18 Å². The van der Waals surface area contributed by atoms with Crippen LogP contribution in [0.4, 0.5) is 23.2 Å². The molecule has 2 rings (SSSR count). The summed E-state index contributed by atoms with van der Waals surface area (Å²) in [5.74, 6) is -0.985. The molecule has 1 aromatic rings. The van der Waals surface area contributed by atoms with Crippen LogP contribution in [0.3, 0.4) is 0 Å². The number of β-amino-alcohol motifs (C(OH)–C–C–N with tert-alkyl or cyclic N) is 1. The molecule has 1 heterocycles. The molecule has 0 bridgehead atoms. The maximum absolute atomic E-state index is 13.4. The molecule has 18 heavy (non-hydrogen) atoms. The first-order valence-corrected chi connectivity index (χ1v) is 5.34. The molecule has 1 aliphatic rings. The SMILES string of the molecule is OC1(CNc2ccc(C(F)(F)F)cc2F)CNC1. The Morgan fingerprint density at radius 3 is 2.44 bits per heavy atom. The average molecular weight is 264 g/mol. The van der Waals surface area contributed by atoms with Crippen molar-refractivity contribution in [2.75, 3.05) is 25.0 Å². The van der Waals surface area contributed by atoms with E-state index >= 15 is 0 Å². The van der Waals surface area contributed by atoms with Crippen molar-refractivity contribution in [3.63, 3.8) is 0 Å². The van der Waals surface area contributed by atoms with Crippen LogP contribution in [0.1, 0.15) is 5.56 Å². The predicted octanol–water partition coefficient (Wildman–Crippen LogP) is 1.59. The van der Waals surface area contributed by atoms with Gasteiger partial charge >= 0.3 is 6.18 Å². The van der Waals surface area contributed by atoms with Crippen molar-refractivity contribution in [1.82, 2.24) is 5.32 Å². The summed E-state index contributed by atoms with van der Waals surface area (Å²) in [5, 5.41) is 15.2. The second-order valence-electron chi connectivity index (χ2n) is 4.37. The van der Waals surface area contributed by atoms with Gasteiger partial charge in [-0.1, -0.05) is 0 Å². The number of alkyl halides is 3. The van der Waals surface area contributed by atoms with Crippen molar-refractivity contribution in [2.45, 2.75) is 11.8 Å². The van der Waals surface area contributed by atoms with Crippen molar-refractivity contribution in [1.29, 1.82) is 0 Å². The van der Waals surface area contributed by atoms with E-state index in [0.717, 1.165) is 12.1 Å². The molecule has 0 unspecified atom stereocenters. The number of hydrogen-bond donors (Lipinski definition) is 3. The van der Waals surface area contributed by atoms with E-state index < -0.39 is 23.2 Å². The van der Waals surface area contributed by atoms with Gasteiger partial charge in [-0.3, -0.25) is 0 Å². The van der Waals surface area contributed by atoms with Gasteiger partial charge in [-0.05, 0) is 18.2 Å². The number of aliphatic hydroxyl groups is 1. The molecule has 0 amide bonds. The molecule has 3 N–H and O–H groups in total. The molecule has 1 fully saturated rings. The molecular weight excluding hydrogens is 252 g/mol. The van der Waals surface area contributed by atoms with Gasteiger partial charge in [0.1, 0.15) is 11.4 Å². The highest BCUT2D eigenvalue weighted by Crippen LogP contribution is 2.31. The highest BCUT2D eigenvalue weighted by Gasteiger charge is 2.34. The summed E-state index contributed by atoms with van der Waals surface area (Å²) in [6, 6.07) is 2.26. The van der Waals surface area contributed by atoms with E-state index in [-0.39, 0.29) is 12.2 Å². The lowest BCUT2D eigenvalue weighted by molar-refractivity contribution is -0.137. The Morgan fingerprint density at radius 2 is 2.00 bits per heavy atom. The van der Waals surface area contributed by atoms with Crippen LogP contribution < -0.4 is 10.6 Å². The van der Waals surface area contributed by atoms with Gasteiger partial charge in [0.15, 0.2) is 0 Å². The van der Waals surface area contributed by atoms with Crippen molar-refractivity contribution in [3.8, 4) is 0 Å². The first kappa shape index (κ1) is 13.1. The summed E-state index contributed by atoms with van der Waals surface area (Å²) < 4.78 is 50.3. The standard InChI is InChI=1S/C11H12F4N2O/c12-8-3-7(11(13,14)15)1-2-9(8)17-6-10(18)4-16-5-10/h1-3,16-18H,4-6H2. The van der Waals surface area contributed by atoms with E-state index in [2.05, 4.69) is 10.6 Å². The van der Waals surface area contributed by atoms with E-state index in [4.69, 9.17) is 0 Å². The third-order valence-electron chi connectivity index (χ3n) is 2.81. The predicted molar refractivity (Wildman–Crippen MR) is 57.7 cm³/mol. The molecule has 0 saturated carbocycles. The van der Waals surface area contributed by atoms with Gasteiger partial charge in [-0.15, -0.1) is 0 Å². The Hall–Kier alpha value is -1.34. The van der Waals surface area contributed by atoms with Gasteiger partial charge in [0, 0.05) is 19.6 Å². The Balaban J connectivity index is 2.06. The first-order chi connectivity index (χ1) is 8.30. The van der Waals surface area contributed by atoms with E-state index in [1.807, 2.05) is 0 Å². The summed E-state index contributed by atoms with van der Waals surface area (Å²) >= 11 is 0. The molecular formula is C11H12F4N2O. The molecule has 1 aromatic carbocycles. The van der Waals surface area contributed by atoms with Crippen molar-refractivity contribution >= 4 is 5.69 Å². The van der Waals surface area contributed by atoms with E-state index in [1.165, 1.54) is 0 Å². The first-order valence-electron chi connectivity index (χ1n) is 5.34. The summed E-state index contributed by atoms with van der Waals surface area (Å²) in [7, 11) is 0. The lowest BCUT2D eigenvalue weighted by Gasteiger charge is -2.37. The maximum Gasteiger partial charge on any atom is 0.416 e. The molecule has 100 valence electrons. The van der Waals surface area contributed by atoms with E-state index in [0.29, 0.717) is 19.2 Å². The largest absolute Gasteiger partial charge is 0.416 e. The smallest absolute Gasteiger partial charge is 0.385 e.